The molecule has 4 N–H and O–H groups in total. The van der Waals surface area contributed by atoms with E-state index in [0.29, 0.717) is 19.4 Å². The number of benzene rings is 1. The van der Waals surface area contributed by atoms with Gasteiger partial charge in [-0.15, -0.1) is 0 Å². The fourth-order valence-corrected chi connectivity index (χ4v) is 5.10. The zero-order valence-corrected chi connectivity index (χ0v) is 23.5. The number of carbonyl (C=O) groups excluding carboxylic acids is 3. The zero-order valence-electron chi connectivity index (χ0n) is 23.5. The Morgan fingerprint density at radius 2 is 1.73 bits per heavy atom. The highest BCUT2D eigenvalue weighted by molar-refractivity contribution is 5.90. The molecule has 3 heterocycles. The number of aromatic nitrogens is 1. The molecule has 2 aliphatic heterocycles. The van der Waals surface area contributed by atoms with Crippen LogP contribution in [0.2, 0.25) is 0 Å². The second kappa shape index (κ2) is 11.3. The van der Waals surface area contributed by atoms with Crippen LogP contribution in [0, 0.1) is 11.3 Å². The second-order valence-electron chi connectivity index (χ2n) is 11.9. The molecule has 3 aliphatic rings. The molecule has 1 unspecified atom stereocenters. The van der Waals surface area contributed by atoms with Crippen LogP contribution in [-0.2, 0) is 19.1 Å². The Kier molecular flexibility index (Phi) is 7.94. The Morgan fingerprint density at radius 3 is 2.48 bits per heavy atom. The minimum Gasteiger partial charge on any atom is -0.367 e. The molecule has 0 radical (unpaired) electrons. The summed E-state index contributed by atoms with van der Waals surface area (Å²) in [5, 5.41) is 19.2. The number of hydrogen-bond acceptors (Lipinski definition) is 7. The van der Waals surface area contributed by atoms with E-state index in [1.54, 1.807) is 6.92 Å². The SMILES string of the molecule is C[C@@H]1NC(=O)[C@@H](C2CC2)OC(O)C(C)(C)/C=C/c2ccc3ccc(nc3c2)[C@@H](C)NC(=O)[C@@H]2CCCN(N2)C1=O. The maximum Gasteiger partial charge on any atom is 0.258 e. The number of rotatable bonds is 1. The Labute approximate surface area is 234 Å². The molecule has 40 heavy (non-hydrogen) atoms. The van der Waals surface area contributed by atoms with Crippen molar-refractivity contribution in [2.45, 2.75) is 83.9 Å². The van der Waals surface area contributed by atoms with Crippen LogP contribution >= 0.6 is 0 Å². The number of pyridine rings is 1. The molecule has 2 fully saturated rings. The summed E-state index contributed by atoms with van der Waals surface area (Å²) in [6.07, 6.45) is 4.51. The number of nitrogens with one attached hydrogen (secondary N) is 3. The third kappa shape index (κ3) is 6.19. The highest BCUT2D eigenvalue weighted by Gasteiger charge is 2.42. The lowest BCUT2D eigenvalue weighted by molar-refractivity contribution is -0.190. The average molecular weight is 550 g/mol. The summed E-state index contributed by atoms with van der Waals surface area (Å²) < 4.78 is 5.96. The van der Waals surface area contributed by atoms with Gasteiger partial charge in [0.05, 0.1) is 17.3 Å². The fourth-order valence-electron chi connectivity index (χ4n) is 5.10. The van der Waals surface area contributed by atoms with Gasteiger partial charge >= 0.3 is 0 Å². The largest absolute Gasteiger partial charge is 0.367 e. The summed E-state index contributed by atoms with van der Waals surface area (Å²) in [6, 6.07) is 8.03. The van der Waals surface area contributed by atoms with Crippen molar-refractivity contribution in [3.05, 3.63) is 47.7 Å². The number of amides is 3. The smallest absolute Gasteiger partial charge is 0.258 e. The number of aliphatic hydroxyl groups is 1. The Balaban J connectivity index is 1.47. The number of carbonyl (C=O) groups is 3. The maximum absolute atomic E-state index is 13.2. The van der Waals surface area contributed by atoms with Gasteiger partial charge in [-0.2, -0.15) is 0 Å². The lowest BCUT2D eigenvalue weighted by atomic mass is 9.91. The number of nitrogens with zero attached hydrogens (tertiary/aromatic N) is 2. The van der Waals surface area contributed by atoms with Gasteiger partial charge in [0.2, 0.25) is 11.8 Å². The summed E-state index contributed by atoms with van der Waals surface area (Å²) in [5.41, 5.74) is 4.65. The van der Waals surface area contributed by atoms with Gasteiger partial charge in [0.1, 0.15) is 18.2 Å². The summed E-state index contributed by atoms with van der Waals surface area (Å²) in [6.45, 7) is 7.62. The lowest BCUT2D eigenvalue weighted by Crippen LogP contribution is -2.61. The normalized spacial score (nSPS) is 31.0. The lowest BCUT2D eigenvalue weighted by Gasteiger charge is -2.35. The molecule has 10 nitrogen and oxygen atoms in total. The third-order valence-corrected chi connectivity index (χ3v) is 7.96. The van der Waals surface area contributed by atoms with Crippen molar-refractivity contribution in [2.24, 2.45) is 11.3 Å². The molecule has 5 atom stereocenters. The van der Waals surface area contributed by atoms with Crippen LogP contribution in [0.1, 0.15) is 70.7 Å². The molecule has 10 heteroatoms. The second-order valence-corrected chi connectivity index (χ2v) is 11.9. The van der Waals surface area contributed by atoms with Gasteiger partial charge in [-0.1, -0.05) is 44.2 Å². The molecule has 2 aromatic rings. The van der Waals surface area contributed by atoms with Crippen LogP contribution < -0.4 is 16.1 Å². The molecule has 1 aromatic heterocycles. The van der Waals surface area contributed by atoms with E-state index >= 15 is 0 Å². The fraction of sp³-hybridized carbons (Fsp3) is 0.533. The molecule has 1 aliphatic carbocycles. The van der Waals surface area contributed by atoms with E-state index in [-0.39, 0.29) is 23.8 Å². The first kappa shape index (κ1) is 28.2. The summed E-state index contributed by atoms with van der Waals surface area (Å²) in [4.78, 5) is 44.4. The van der Waals surface area contributed by atoms with Crippen molar-refractivity contribution < 1.29 is 24.2 Å². The van der Waals surface area contributed by atoms with Crippen molar-refractivity contribution in [1.29, 1.82) is 0 Å². The number of aliphatic hydroxyl groups excluding tert-OH is 1. The predicted octanol–water partition coefficient (Wildman–Crippen LogP) is 2.58. The van der Waals surface area contributed by atoms with E-state index in [1.165, 1.54) is 5.01 Å². The van der Waals surface area contributed by atoms with E-state index in [1.807, 2.05) is 63.3 Å². The van der Waals surface area contributed by atoms with Crippen LogP contribution in [0.5, 0.6) is 0 Å². The molecule has 1 saturated carbocycles. The molecule has 1 aromatic carbocycles. The van der Waals surface area contributed by atoms with E-state index in [4.69, 9.17) is 9.72 Å². The van der Waals surface area contributed by atoms with Gasteiger partial charge in [0, 0.05) is 17.3 Å². The first-order valence-corrected chi connectivity index (χ1v) is 14.1. The van der Waals surface area contributed by atoms with Crippen molar-refractivity contribution in [1.82, 2.24) is 26.1 Å². The van der Waals surface area contributed by atoms with Gasteiger partial charge in [-0.05, 0) is 63.1 Å². The van der Waals surface area contributed by atoms with Crippen molar-refractivity contribution in [3.8, 4) is 0 Å². The Hall–Kier alpha value is -3.34. The molecular formula is C30H39N5O5. The summed E-state index contributed by atoms with van der Waals surface area (Å²) >= 11 is 0. The monoisotopic (exact) mass is 549 g/mol. The molecule has 3 amide bonds. The van der Waals surface area contributed by atoms with Crippen molar-refractivity contribution in [3.63, 3.8) is 0 Å². The third-order valence-electron chi connectivity index (χ3n) is 7.96. The summed E-state index contributed by atoms with van der Waals surface area (Å²) in [7, 11) is 0. The topological polar surface area (TPSA) is 133 Å². The quantitative estimate of drug-likeness (QED) is 0.430. The number of ether oxygens (including phenoxy) is 1. The van der Waals surface area contributed by atoms with Gasteiger partial charge < -0.3 is 20.5 Å². The maximum atomic E-state index is 13.2. The Morgan fingerprint density at radius 1 is 1.00 bits per heavy atom. The molecule has 1 saturated heterocycles. The minimum atomic E-state index is -1.24. The first-order chi connectivity index (χ1) is 19.0. The highest BCUT2D eigenvalue weighted by atomic mass is 16.6. The minimum absolute atomic E-state index is 0.0118. The van der Waals surface area contributed by atoms with Crippen LogP contribution in [0.25, 0.3) is 17.0 Å². The van der Waals surface area contributed by atoms with E-state index in [9.17, 15) is 19.5 Å². The van der Waals surface area contributed by atoms with Crippen LogP contribution in [0.4, 0.5) is 0 Å². The highest BCUT2D eigenvalue weighted by Crippen LogP contribution is 2.37. The number of hydrogen-bond donors (Lipinski definition) is 4. The van der Waals surface area contributed by atoms with Crippen LogP contribution in [-0.4, -0.2) is 63.8 Å². The van der Waals surface area contributed by atoms with Gasteiger partial charge in [-0.3, -0.25) is 24.4 Å². The van der Waals surface area contributed by atoms with E-state index in [2.05, 4.69) is 16.1 Å². The van der Waals surface area contributed by atoms with E-state index < -0.39 is 35.8 Å². The van der Waals surface area contributed by atoms with Gasteiger partial charge in [-0.25, -0.2) is 5.43 Å². The molecule has 0 spiro atoms. The number of fused-ring (bicyclic) bond motifs is 4. The predicted molar refractivity (Wildman–Crippen MR) is 150 cm³/mol. The molecular weight excluding hydrogens is 510 g/mol. The molecule has 5 rings (SSSR count). The van der Waals surface area contributed by atoms with Gasteiger partial charge in [0.15, 0.2) is 6.29 Å². The standard InChI is InChI=1S/C30H39N5O5/c1-17-22-12-11-20-8-7-19(16-24(20)33-22)13-14-30(3,4)29(39)40-25(21-9-10-21)27(37)32-18(2)28(38)35-15-5-6-23(34-35)26(36)31-17/h7-8,11-14,16-18,21,23,25,29,34,39H,5-6,9-10,15H2,1-4H3,(H,31,36)(H,32,37)/b14-13+/t17-,18+,23+,25-,29?/m1/s1. The van der Waals surface area contributed by atoms with Crippen molar-refractivity contribution in [2.75, 3.05) is 6.54 Å². The average Bonchev–Trinajstić information content (AvgIpc) is 3.78. The van der Waals surface area contributed by atoms with Crippen molar-refractivity contribution >= 4 is 34.7 Å². The first-order valence-electron chi connectivity index (χ1n) is 14.1. The Bertz CT molecular complexity index is 1320. The van der Waals surface area contributed by atoms with Gasteiger partial charge in [0.25, 0.3) is 5.91 Å². The number of hydrazine groups is 1. The van der Waals surface area contributed by atoms with Crippen LogP contribution in [0.3, 0.4) is 0 Å². The molecule has 214 valence electrons. The van der Waals surface area contributed by atoms with Crippen LogP contribution in [0.15, 0.2) is 36.4 Å². The summed E-state index contributed by atoms with van der Waals surface area (Å²) in [5.74, 6) is -0.995. The van der Waals surface area contributed by atoms with E-state index in [0.717, 1.165) is 35.0 Å². The zero-order chi connectivity index (χ0) is 28.6. The molecule has 5 bridgehead atoms.